The van der Waals surface area contributed by atoms with Gasteiger partial charge in [0.15, 0.2) is 6.54 Å². The molecule has 19 heavy (non-hydrogen) atoms. The Hall–Kier alpha value is -1.63. The summed E-state index contributed by atoms with van der Waals surface area (Å²) >= 11 is 0. The monoisotopic (exact) mass is 259 g/mol. The Bertz CT molecular complexity index is 446. The van der Waals surface area contributed by atoms with Crippen molar-refractivity contribution in [3.8, 4) is 6.07 Å². The van der Waals surface area contributed by atoms with Gasteiger partial charge < -0.3 is 9.22 Å². The fraction of sp³-hybridized carbons (Fsp3) is 0.438. The molecular weight excluding hydrogens is 236 g/mol. The molecule has 1 rings (SSSR count). The zero-order valence-electron chi connectivity index (χ0n) is 12.1. The van der Waals surface area contributed by atoms with E-state index in [1.165, 1.54) is 0 Å². The molecule has 1 atom stereocenters. The number of benzene rings is 1. The summed E-state index contributed by atoms with van der Waals surface area (Å²) in [4.78, 5) is 0. The Labute approximate surface area is 116 Å². The Morgan fingerprint density at radius 1 is 1.37 bits per heavy atom. The van der Waals surface area contributed by atoms with Crippen molar-refractivity contribution in [3.63, 3.8) is 0 Å². The third-order valence-corrected chi connectivity index (χ3v) is 3.28. The molecule has 3 heteroatoms. The van der Waals surface area contributed by atoms with Crippen LogP contribution in [0, 0.1) is 11.3 Å². The standard InChI is InChI=1S/C16H23N2O/c1-14(2)16(18(3,4)11-10-17)13-19-12-15-8-6-5-7-9-15/h5-9,16H,1,11-13H2,2-4H3/q+1. The quantitative estimate of drug-likeness (QED) is 0.428. The molecule has 0 saturated heterocycles. The van der Waals surface area contributed by atoms with E-state index < -0.39 is 0 Å². The van der Waals surface area contributed by atoms with Gasteiger partial charge in [0.1, 0.15) is 18.7 Å². The minimum atomic E-state index is 0.142. The first kappa shape index (κ1) is 15.4. The highest BCUT2D eigenvalue weighted by molar-refractivity contribution is 5.13. The minimum absolute atomic E-state index is 0.142. The van der Waals surface area contributed by atoms with Crippen LogP contribution in [0.1, 0.15) is 12.5 Å². The van der Waals surface area contributed by atoms with E-state index in [0.717, 1.165) is 11.1 Å². The molecule has 1 aromatic rings. The van der Waals surface area contributed by atoms with E-state index in [2.05, 4.69) is 12.6 Å². The van der Waals surface area contributed by atoms with Crippen LogP contribution in [0.15, 0.2) is 42.5 Å². The third-order valence-electron chi connectivity index (χ3n) is 3.28. The fourth-order valence-corrected chi connectivity index (χ4v) is 2.10. The van der Waals surface area contributed by atoms with E-state index in [-0.39, 0.29) is 6.04 Å². The summed E-state index contributed by atoms with van der Waals surface area (Å²) in [6, 6.07) is 12.5. The highest BCUT2D eigenvalue weighted by Crippen LogP contribution is 2.15. The average Bonchev–Trinajstić information content (AvgIpc) is 2.35. The van der Waals surface area contributed by atoms with Crippen LogP contribution in [0.4, 0.5) is 0 Å². The molecule has 0 aliphatic carbocycles. The van der Waals surface area contributed by atoms with Crippen LogP contribution in [0.5, 0.6) is 0 Å². The molecule has 0 heterocycles. The molecule has 0 radical (unpaired) electrons. The molecule has 1 aromatic carbocycles. The molecule has 0 aliphatic rings. The highest BCUT2D eigenvalue weighted by Gasteiger charge is 2.28. The number of quaternary nitrogens is 1. The number of rotatable bonds is 7. The van der Waals surface area contributed by atoms with Gasteiger partial charge in [-0.05, 0) is 18.1 Å². The largest absolute Gasteiger partial charge is 0.370 e. The lowest BCUT2D eigenvalue weighted by Crippen LogP contribution is -2.51. The molecule has 0 saturated carbocycles. The van der Waals surface area contributed by atoms with Gasteiger partial charge in [-0.2, -0.15) is 5.26 Å². The van der Waals surface area contributed by atoms with Gasteiger partial charge in [-0.3, -0.25) is 0 Å². The van der Waals surface area contributed by atoms with E-state index in [1.807, 2.05) is 51.4 Å². The van der Waals surface area contributed by atoms with Gasteiger partial charge in [-0.1, -0.05) is 36.9 Å². The molecule has 3 nitrogen and oxygen atoms in total. The molecule has 0 fully saturated rings. The Morgan fingerprint density at radius 3 is 2.53 bits per heavy atom. The molecule has 0 N–H and O–H groups in total. The average molecular weight is 259 g/mol. The Morgan fingerprint density at radius 2 is 2.00 bits per heavy atom. The molecule has 0 bridgehead atoms. The van der Waals surface area contributed by atoms with Crippen LogP contribution in [0.2, 0.25) is 0 Å². The van der Waals surface area contributed by atoms with Crippen LogP contribution in [0.3, 0.4) is 0 Å². The molecule has 1 unspecified atom stereocenters. The maximum atomic E-state index is 8.90. The van der Waals surface area contributed by atoms with E-state index in [4.69, 9.17) is 10.00 Å². The lowest BCUT2D eigenvalue weighted by Gasteiger charge is -2.36. The number of nitriles is 1. The lowest BCUT2D eigenvalue weighted by atomic mass is 10.1. The summed E-state index contributed by atoms with van der Waals surface area (Å²) in [5.41, 5.74) is 2.21. The fourth-order valence-electron chi connectivity index (χ4n) is 2.10. The molecule has 0 aliphatic heterocycles. The number of hydrogen-bond donors (Lipinski definition) is 0. The second-order valence-electron chi connectivity index (χ2n) is 5.46. The van der Waals surface area contributed by atoms with Gasteiger partial charge in [-0.15, -0.1) is 0 Å². The summed E-state index contributed by atoms with van der Waals surface area (Å²) in [5.74, 6) is 0. The maximum absolute atomic E-state index is 8.90. The van der Waals surface area contributed by atoms with E-state index in [0.29, 0.717) is 24.2 Å². The van der Waals surface area contributed by atoms with Gasteiger partial charge in [0, 0.05) is 0 Å². The summed E-state index contributed by atoms with van der Waals surface area (Å²) in [6.45, 7) is 7.65. The van der Waals surface area contributed by atoms with Gasteiger partial charge in [0.2, 0.25) is 0 Å². The predicted molar refractivity (Wildman–Crippen MR) is 77.3 cm³/mol. The van der Waals surface area contributed by atoms with Crippen LogP contribution < -0.4 is 0 Å². The molecule has 0 aromatic heterocycles. The summed E-state index contributed by atoms with van der Waals surface area (Å²) in [5, 5.41) is 8.90. The maximum Gasteiger partial charge on any atom is 0.166 e. The first-order chi connectivity index (χ1) is 8.97. The van der Waals surface area contributed by atoms with Gasteiger partial charge in [0.05, 0.1) is 20.7 Å². The second-order valence-corrected chi connectivity index (χ2v) is 5.46. The Balaban J connectivity index is 2.56. The SMILES string of the molecule is C=C(C)C(COCc1ccccc1)[N+](C)(C)CC#N. The van der Waals surface area contributed by atoms with E-state index >= 15 is 0 Å². The van der Waals surface area contributed by atoms with Crippen molar-refractivity contribution in [3.05, 3.63) is 48.0 Å². The van der Waals surface area contributed by atoms with Gasteiger partial charge >= 0.3 is 0 Å². The summed E-state index contributed by atoms with van der Waals surface area (Å²) < 4.78 is 6.37. The predicted octanol–water partition coefficient (Wildman–Crippen LogP) is 2.75. The first-order valence-corrected chi connectivity index (χ1v) is 6.44. The van der Waals surface area contributed by atoms with E-state index in [9.17, 15) is 0 Å². The van der Waals surface area contributed by atoms with Crippen molar-refractivity contribution in [1.29, 1.82) is 5.26 Å². The van der Waals surface area contributed by atoms with Crippen LogP contribution >= 0.6 is 0 Å². The zero-order valence-corrected chi connectivity index (χ0v) is 12.1. The third kappa shape index (κ3) is 4.86. The van der Waals surface area contributed by atoms with Crippen molar-refractivity contribution in [2.45, 2.75) is 19.6 Å². The number of hydrogen-bond acceptors (Lipinski definition) is 2. The number of ether oxygens (including phenoxy) is 1. The van der Waals surface area contributed by atoms with Crippen LogP contribution in [0.25, 0.3) is 0 Å². The van der Waals surface area contributed by atoms with Crippen LogP contribution in [-0.2, 0) is 11.3 Å². The summed E-state index contributed by atoms with van der Waals surface area (Å²) in [6.07, 6.45) is 0. The van der Waals surface area contributed by atoms with E-state index in [1.54, 1.807) is 0 Å². The molecular formula is C16H23N2O+. The van der Waals surface area contributed by atoms with Crippen LogP contribution in [-0.4, -0.2) is 37.8 Å². The summed E-state index contributed by atoms with van der Waals surface area (Å²) in [7, 11) is 4.07. The van der Waals surface area contributed by atoms with Crippen molar-refractivity contribution < 1.29 is 9.22 Å². The van der Waals surface area contributed by atoms with Crippen molar-refractivity contribution in [2.24, 2.45) is 0 Å². The minimum Gasteiger partial charge on any atom is -0.370 e. The topological polar surface area (TPSA) is 33.0 Å². The van der Waals surface area contributed by atoms with Gasteiger partial charge in [-0.25, -0.2) is 0 Å². The molecule has 0 spiro atoms. The second kappa shape index (κ2) is 7.08. The first-order valence-electron chi connectivity index (χ1n) is 6.44. The molecule has 0 amide bonds. The smallest absolute Gasteiger partial charge is 0.166 e. The van der Waals surface area contributed by atoms with Gasteiger partial charge in [0.25, 0.3) is 0 Å². The van der Waals surface area contributed by atoms with Crippen molar-refractivity contribution in [1.82, 2.24) is 0 Å². The van der Waals surface area contributed by atoms with Crippen molar-refractivity contribution in [2.75, 3.05) is 27.2 Å². The lowest BCUT2D eigenvalue weighted by molar-refractivity contribution is -0.903. The number of likely N-dealkylation sites (N-methyl/N-ethyl adjacent to an activating group) is 1. The van der Waals surface area contributed by atoms with Crippen molar-refractivity contribution >= 4 is 0 Å². The molecule has 102 valence electrons. The zero-order chi connectivity index (χ0) is 14.3. The normalized spacial score (nSPS) is 12.7. The highest BCUT2D eigenvalue weighted by atomic mass is 16.5. The number of nitrogens with zero attached hydrogens (tertiary/aromatic N) is 2. The Kier molecular flexibility index (Phi) is 5.75.